The topological polar surface area (TPSA) is 81.4 Å². The second-order valence-corrected chi connectivity index (χ2v) is 6.72. The lowest BCUT2D eigenvalue weighted by Crippen LogP contribution is -2.15. The second kappa shape index (κ2) is 8.42. The van der Waals surface area contributed by atoms with Crippen molar-refractivity contribution in [2.75, 3.05) is 5.32 Å². The molecule has 1 N–H and O–H groups in total. The van der Waals surface area contributed by atoms with Crippen molar-refractivity contribution < 1.29 is 18.3 Å². The summed E-state index contributed by atoms with van der Waals surface area (Å²) in [6, 6.07) is 13.0. The van der Waals surface area contributed by atoms with E-state index in [2.05, 4.69) is 25.2 Å². The quantitative estimate of drug-likeness (QED) is 0.496. The molecule has 0 aliphatic carbocycles. The number of nitrogens with zero attached hydrogens (tertiary/aromatic N) is 4. The number of aromatic nitrogens is 4. The van der Waals surface area contributed by atoms with Crippen molar-refractivity contribution in [2.24, 2.45) is 0 Å². The van der Waals surface area contributed by atoms with E-state index >= 15 is 0 Å². The zero-order chi connectivity index (χ0) is 21.1. The molecule has 4 rings (SSSR count). The average Bonchev–Trinajstić information content (AvgIpc) is 3.11. The van der Waals surface area contributed by atoms with Gasteiger partial charge in [0.2, 0.25) is 5.91 Å². The van der Waals surface area contributed by atoms with E-state index in [9.17, 15) is 13.6 Å². The van der Waals surface area contributed by atoms with Crippen LogP contribution in [0.4, 0.5) is 14.6 Å². The largest absolute Gasteiger partial charge is 0.435 e. The van der Waals surface area contributed by atoms with Crippen LogP contribution in [-0.4, -0.2) is 32.1 Å². The van der Waals surface area contributed by atoms with Crippen LogP contribution in [0.25, 0.3) is 17.0 Å². The predicted octanol–water partition coefficient (Wildman–Crippen LogP) is 4.23. The molecule has 0 radical (unpaired) electrons. The van der Waals surface area contributed by atoms with Gasteiger partial charge in [-0.1, -0.05) is 23.7 Å². The molecule has 0 unspecified atom stereocenters. The van der Waals surface area contributed by atoms with Gasteiger partial charge in [-0.15, -0.1) is 10.2 Å². The zero-order valence-corrected chi connectivity index (χ0v) is 16.1. The molecule has 0 fully saturated rings. The van der Waals surface area contributed by atoms with Crippen LogP contribution < -0.4 is 10.1 Å². The number of carbonyl (C=O) groups is 1. The Morgan fingerprint density at radius 2 is 1.97 bits per heavy atom. The summed E-state index contributed by atoms with van der Waals surface area (Å²) in [6.07, 6.45) is 3.20. The fraction of sp³-hybridized carbons (Fsp3) is 0.100. The Hall–Kier alpha value is -3.59. The van der Waals surface area contributed by atoms with Gasteiger partial charge in [-0.3, -0.25) is 9.20 Å². The van der Waals surface area contributed by atoms with Crippen molar-refractivity contribution in [3.8, 4) is 17.1 Å². The van der Waals surface area contributed by atoms with Crippen LogP contribution >= 0.6 is 11.6 Å². The minimum atomic E-state index is -2.89. The Bertz CT molecular complexity index is 1200. The maximum absolute atomic E-state index is 12.3. The lowest BCUT2D eigenvalue weighted by Gasteiger charge is -2.07. The van der Waals surface area contributed by atoms with Crippen LogP contribution in [0.5, 0.6) is 5.75 Å². The highest BCUT2D eigenvalue weighted by atomic mass is 35.5. The summed E-state index contributed by atoms with van der Waals surface area (Å²) in [5.41, 5.74) is 1.87. The fourth-order valence-corrected chi connectivity index (χ4v) is 3.08. The van der Waals surface area contributed by atoms with Gasteiger partial charge in [0.1, 0.15) is 11.6 Å². The second-order valence-electron chi connectivity index (χ2n) is 6.28. The number of benzene rings is 2. The van der Waals surface area contributed by atoms with E-state index in [-0.39, 0.29) is 18.1 Å². The molecule has 0 saturated heterocycles. The van der Waals surface area contributed by atoms with E-state index < -0.39 is 6.61 Å². The molecule has 1 amide bonds. The van der Waals surface area contributed by atoms with Crippen molar-refractivity contribution in [1.82, 2.24) is 19.6 Å². The molecule has 4 aromatic rings. The number of ether oxygens (including phenoxy) is 1. The number of halogens is 3. The highest BCUT2D eigenvalue weighted by Gasteiger charge is 2.12. The number of anilines is 1. The number of nitrogens with one attached hydrogen (secondary N) is 1. The number of fused-ring (bicyclic) bond motifs is 1. The number of rotatable bonds is 6. The number of amides is 1. The minimum absolute atomic E-state index is 0.0400. The van der Waals surface area contributed by atoms with Crippen molar-refractivity contribution in [3.63, 3.8) is 0 Å². The number of hydrogen-bond acceptors (Lipinski definition) is 5. The Labute approximate surface area is 174 Å². The molecule has 0 saturated carbocycles. The summed E-state index contributed by atoms with van der Waals surface area (Å²) in [7, 11) is 0. The van der Waals surface area contributed by atoms with Gasteiger partial charge < -0.3 is 10.1 Å². The van der Waals surface area contributed by atoms with E-state index in [0.29, 0.717) is 27.9 Å². The molecule has 0 spiro atoms. The zero-order valence-electron chi connectivity index (χ0n) is 15.3. The molecule has 2 aromatic carbocycles. The molecule has 0 atom stereocenters. The van der Waals surface area contributed by atoms with Crippen LogP contribution in [0.3, 0.4) is 0 Å². The monoisotopic (exact) mass is 429 g/mol. The summed E-state index contributed by atoms with van der Waals surface area (Å²) in [5, 5.41) is 11.4. The van der Waals surface area contributed by atoms with Crippen LogP contribution in [0.2, 0.25) is 5.02 Å². The highest BCUT2D eigenvalue weighted by molar-refractivity contribution is 6.30. The summed E-state index contributed by atoms with van der Waals surface area (Å²) in [5.74, 6) is 0.556. The fourth-order valence-electron chi connectivity index (χ4n) is 2.87. The maximum Gasteiger partial charge on any atom is 0.387 e. The van der Waals surface area contributed by atoms with Gasteiger partial charge in [-0.05, 0) is 42.0 Å². The normalized spacial score (nSPS) is 11.1. The summed E-state index contributed by atoms with van der Waals surface area (Å²) in [4.78, 5) is 16.5. The first kappa shape index (κ1) is 19.7. The SMILES string of the molecule is O=C(Cc1cccc(Cl)c1)Nc1cn2c(-c3ccc(OC(F)F)cc3)nnc2cn1. The molecule has 0 bridgehead atoms. The third-order valence-corrected chi connectivity index (χ3v) is 4.39. The molecular weight excluding hydrogens is 416 g/mol. The first-order valence-corrected chi connectivity index (χ1v) is 9.16. The summed E-state index contributed by atoms with van der Waals surface area (Å²) < 4.78 is 30.6. The summed E-state index contributed by atoms with van der Waals surface area (Å²) in [6.45, 7) is -2.89. The van der Waals surface area contributed by atoms with Crippen molar-refractivity contribution in [1.29, 1.82) is 0 Å². The first-order chi connectivity index (χ1) is 14.5. The Morgan fingerprint density at radius 3 is 2.70 bits per heavy atom. The standard InChI is InChI=1S/C20H14ClF2N5O2/c21-14-3-1-2-12(8-14)9-18(29)25-16-11-28-17(10-24-16)26-27-19(28)13-4-6-15(7-5-13)30-20(22)23/h1-8,10-11,20H,9H2,(H,25,29). The lowest BCUT2D eigenvalue weighted by atomic mass is 10.1. The first-order valence-electron chi connectivity index (χ1n) is 8.78. The number of carbonyl (C=O) groups excluding carboxylic acids is 1. The highest BCUT2D eigenvalue weighted by Crippen LogP contribution is 2.23. The van der Waals surface area contributed by atoms with Gasteiger partial charge in [-0.2, -0.15) is 8.78 Å². The van der Waals surface area contributed by atoms with Crippen LogP contribution in [-0.2, 0) is 11.2 Å². The van der Waals surface area contributed by atoms with Gasteiger partial charge in [0.15, 0.2) is 11.5 Å². The van der Waals surface area contributed by atoms with Gasteiger partial charge in [0.25, 0.3) is 0 Å². The third kappa shape index (κ3) is 4.52. The van der Waals surface area contributed by atoms with E-state index in [1.54, 1.807) is 47.0 Å². The van der Waals surface area contributed by atoms with Gasteiger partial charge in [-0.25, -0.2) is 4.98 Å². The van der Waals surface area contributed by atoms with Crippen molar-refractivity contribution in [2.45, 2.75) is 13.0 Å². The van der Waals surface area contributed by atoms with E-state index in [1.807, 2.05) is 0 Å². The molecule has 2 aromatic heterocycles. The van der Waals surface area contributed by atoms with Crippen LogP contribution in [0, 0.1) is 0 Å². The van der Waals surface area contributed by atoms with Crippen molar-refractivity contribution in [3.05, 3.63) is 71.5 Å². The van der Waals surface area contributed by atoms with Crippen LogP contribution in [0.1, 0.15) is 5.56 Å². The molecule has 0 aliphatic heterocycles. The Balaban J connectivity index is 1.54. The molecule has 152 valence electrons. The van der Waals surface area contributed by atoms with Gasteiger partial charge in [0, 0.05) is 10.6 Å². The molecule has 7 nitrogen and oxygen atoms in total. The van der Waals surface area contributed by atoms with E-state index in [4.69, 9.17) is 11.6 Å². The lowest BCUT2D eigenvalue weighted by molar-refractivity contribution is -0.115. The predicted molar refractivity (Wildman–Crippen MR) is 107 cm³/mol. The minimum Gasteiger partial charge on any atom is -0.435 e. The number of alkyl halides is 2. The van der Waals surface area contributed by atoms with E-state index in [0.717, 1.165) is 5.56 Å². The smallest absolute Gasteiger partial charge is 0.387 e. The Kier molecular flexibility index (Phi) is 5.53. The van der Waals surface area contributed by atoms with Gasteiger partial charge >= 0.3 is 6.61 Å². The molecular formula is C20H14ClF2N5O2. The summed E-state index contributed by atoms with van der Waals surface area (Å²) >= 11 is 5.95. The average molecular weight is 430 g/mol. The van der Waals surface area contributed by atoms with Crippen LogP contribution in [0.15, 0.2) is 60.9 Å². The molecule has 0 aliphatic rings. The molecule has 10 heteroatoms. The van der Waals surface area contributed by atoms with Gasteiger partial charge in [0.05, 0.1) is 18.8 Å². The van der Waals surface area contributed by atoms with E-state index in [1.165, 1.54) is 18.3 Å². The maximum atomic E-state index is 12.3. The van der Waals surface area contributed by atoms with Crippen molar-refractivity contribution >= 4 is 29.0 Å². The third-order valence-electron chi connectivity index (χ3n) is 4.15. The number of hydrogen-bond donors (Lipinski definition) is 1. The molecule has 2 heterocycles. The Morgan fingerprint density at radius 1 is 1.17 bits per heavy atom. The molecule has 30 heavy (non-hydrogen) atoms.